The summed E-state index contributed by atoms with van der Waals surface area (Å²) in [5.74, 6) is 0.366. The molecule has 7 heteroatoms. The minimum atomic E-state index is -3.58. The molecule has 116 valence electrons. The van der Waals surface area contributed by atoms with Gasteiger partial charge in [0, 0.05) is 12.6 Å². The molecule has 0 aromatic heterocycles. The van der Waals surface area contributed by atoms with Gasteiger partial charge in [-0.1, -0.05) is 6.07 Å². The molecule has 3 N–H and O–H groups in total. The Morgan fingerprint density at radius 1 is 1.35 bits per heavy atom. The second-order valence-corrected chi connectivity index (χ2v) is 6.48. The van der Waals surface area contributed by atoms with Gasteiger partial charge in [0.15, 0.2) is 0 Å². The third-order valence-electron chi connectivity index (χ3n) is 2.77. The zero-order valence-electron chi connectivity index (χ0n) is 12.3. The number of hydrogen-bond donors (Lipinski definition) is 2. The highest BCUT2D eigenvalue weighted by molar-refractivity contribution is 7.89. The molecule has 0 bridgehead atoms. The van der Waals surface area contributed by atoms with E-state index in [2.05, 4.69) is 4.72 Å². The van der Waals surface area contributed by atoms with Crippen molar-refractivity contribution in [3.05, 3.63) is 23.3 Å². The molecule has 1 rings (SSSR count). The summed E-state index contributed by atoms with van der Waals surface area (Å²) in [6.45, 7) is 5.81. The zero-order chi connectivity index (χ0) is 14.6. The summed E-state index contributed by atoms with van der Waals surface area (Å²) in [7, 11) is -2.11. The Morgan fingerprint density at radius 3 is 2.45 bits per heavy atom. The predicted molar refractivity (Wildman–Crippen MR) is 83.2 cm³/mol. The molecule has 20 heavy (non-hydrogen) atoms. The molecule has 1 unspecified atom stereocenters. The van der Waals surface area contributed by atoms with Crippen molar-refractivity contribution >= 4 is 22.4 Å². The Kier molecular flexibility index (Phi) is 7.51. The quantitative estimate of drug-likeness (QED) is 0.836. The van der Waals surface area contributed by atoms with E-state index in [0.717, 1.165) is 5.56 Å². The molecule has 0 fully saturated rings. The molecule has 0 aliphatic heterocycles. The highest BCUT2D eigenvalue weighted by Gasteiger charge is 2.22. The summed E-state index contributed by atoms with van der Waals surface area (Å²) < 4.78 is 32.3. The number of sulfonamides is 1. The molecule has 0 aliphatic carbocycles. The van der Waals surface area contributed by atoms with Gasteiger partial charge < -0.3 is 10.5 Å². The molecule has 0 spiro atoms. The van der Waals surface area contributed by atoms with Crippen LogP contribution in [-0.2, 0) is 10.0 Å². The van der Waals surface area contributed by atoms with E-state index >= 15 is 0 Å². The molecule has 5 nitrogen and oxygen atoms in total. The van der Waals surface area contributed by atoms with Crippen molar-refractivity contribution in [2.75, 3.05) is 13.7 Å². The number of ether oxygens (including phenoxy) is 1. The summed E-state index contributed by atoms with van der Waals surface area (Å²) in [6, 6.07) is 3.50. The van der Waals surface area contributed by atoms with Crippen molar-refractivity contribution in [3.63, 3.8) is 0 Å². The molecule has 0 amide bonds. The summed E-state index contributed by atoms with van der Waals surface area (Å²) in [5, 5.41) is 0. The largest absolute Gasteiger partial charge is 0.495 e. The third kappa shape index (κ3) is 4.94. The lowest BCUT2D eigenvalue weighted by Gasteiger charge is -2.14. The lowest BCUT2D eigenvalue weighted by atomic mass is 10.1. The van der Waals surface area contributed by atoms with Gasteiger partial charge in [-0.15, -0.1) is 12.4 Å². The number of nitrogens with one attached hydrogen (secondary N) is 1. The molecule has 0 heterocycles. The molecule has 0 saturated carbocycles. The van der Waals surface area contributed by atoms with E-state index in [4.69, 9.17) is 10.5 Å². The molecule has 1 atom stereocenters. The van der Waals surface area contributed by atoms with E-state index in [-0.39, 0.29) is 23.3 Å². The average Bonchev–Trinajstić information content (AvgIpc) is 2.26. The Balaban J connectivity index is 0.00000361. The Labute approximate surface area is 127 Å². The fraction of sp³-hybridized carbons (Fsp3) is 0.538. The number of methoxy groups -OCH3 is 1. The van der Waals surface area contributed by atoms with Crippen LogP contribution in [0.3, 0.4) is 0 Å². The minimum absolute atomic E-state index is 0. The normalized spacial score (nSPS) is 12.7. The van der Waals surface area contributed by atoms with Crippen molar-refractivity contribution in [2.24, 2.45) is 5.73 Å². The highest BCUT2D eigenvalue weighted by atomic mass is 35.5. The summed E-state index contributed by atoms with van der Waals surface area (Å²) in [4.78, 5) is 0.199. The van der Waals surface area contributed by atoms with Gasteiger partial charge in [-0.25, -0.2) is 13.1 Å². The van der Waals surface area contributed by atoms with Crippen molar-refractivity contribution in [3.8, 4) is 5.75 Å². The van der Waals surface area contributed by atoms with Crippen LogP contribution in [-0.4, -0.2) is 28.1 Å². The Bertz CT molecular complexity index is 545. The Hall–Kier alpha value is -0.820. The first-order valence-corrected chi connectivity index (χ1v) is 7.66. The van der Waals surface area contributed by atoms with Gasteiger partial charge in [0.25, 0.3) is 0 Å². The van der Waals surface area contributed by atoms with Crippen LogP contribution in [0.1, 0.15) is 24.5 Å². The zero-order valence-corrected chi connectivity index (χ0v) is 13.9. The number of rotatable bonds is 6. The van der Waals surface area contributed by atoms with Gasteiger partial charge in [0.1, 0.15) is 10.6 Å². The monoisotopic (exact) mass is 322 g/mol. The number of benzene rings is 1. The maximum Gasteiger partial charge on any atom is 0.244 e. The number of aryl methyl sites for hydroxylation is 2. The van der Waals surface area contributed by atoms with Gasteiger partial charge in [-0.3, -0.25) is 0 Å². The number of nitrogens with two attached hydrogens (primary N) is 1. The topological polar surface area (TPSA) is 81.4 Å². The third-order valence-corrected chi connectivity index (χ3v) is 4.41. The van der Waals surface area contributed by atoms with Crippen molar-refractivity contribution < 1.29 is 13.2 Å². The Morgan fingerprint density at radius 2 is 1.95 bits per heavy atom. The first kappa shape index (κ1) is 19.2. The van der Waals surface area contributed by atoms with Crippen molar-refractivity contribution in [1.82, 2.24) is 4.72 Å². The maximum absolute atomic E-state index is 12.3. The van der Waals surface area contributed by atoms with E-state index in [1.807, 2.05) is 19.9 Å². The van der Waals surface area contributed by atoms with Crippen LogP contribution in [0.2, 0.25) is 0 Å². The summed E-state index contributed by atoms with van der Waals surface area (Å²) >= 11 is 0. The van der Waals surface area contributed by atoms with Crippen LogP contribution in [0, 0.1) is 13.8 Å². The van der Waals surface area contributed by atoms with Crippen LogP contribution in [0.25, 0.3) is 0 Å². The standard InChI is InChI=1S/C13H22N2O3S.ClH/c1-9-7-10(2)13(12(8-9)18-4)19(16,17)15-6-5-11(3)14;/h7-8,11,15H,5-6,14H2,1-4H3;1H. The molecule has 0 saturated heterocycles. The molecular formula is C13H23ClN2O3S. The van der Waals surface area contributed by atoms with E-state index in [1.54, 1.807) is 13.0 Å². The number of hydrogen-bond acceptors (Lipinski definition) is 4. The van der Waals surface area contributed by atoms with Crippen LogP contribution < -0.4 is 15.2 Å². The molecular weight excluding hydrogens is 300 g/mol. The second-order valence-electron chi connectivity index (χ2n) is 4.78. The van der Waals surface area contributed by atoms with Gasteiger partial charge in [0.2, 0.25) is 10.0 Å². The summed E-state index contributed by atoms with van der Waals surface area (Å²) in [5.41, 5.74) is 7.24. The fourth-order valence-corrected chi connectivity index (χ4v) is 3.33. The summed E-state index contributed by atoms with van der Waals surface area (Å²) in [6.07, 6.45) is 0.590. The van der Waals surface area contributed by atoms with E-state index < -0.39 is 10.0 Å². The lowest BCUT2D eigenvalue weighted by molar-refractivity contribution is 0.401. The first-order valence-electron chi connectivity index (χ1n) is 6.18. The minimum Gasteiger partial charge on any atom is -0.495 e. The predicted octanol–water partition coefficient (Wildman–Crippen LogP) is 1.75. The van der Waals surface area contributed by atoms with Gasteiger partial charge in [-0.2, -0.15) is 0 Å². The van der Waals surface area contributed by atoms with Crippen LogP contribution in [0.15, 0.2) is 17.0 Å². The van der Waals surface area contributed by atoms with E-state index in [0.29, 0.717) is 24.3 Å². The molecule has 0 aliphatic rings. The first-order chi connectivity index (χ1) is 8.77. The average molecular weight is 323 g/mol. The van der Waals surface area contributed by atoms with E-state index in [1.165, 1.54) is 7.11 Å². The smallest absolute Gasteiger partial charge is 0.244 e. The SMILES string of the molecule is COc1cc(C)cc(C)c1S(=O)(=O)NCCC(C)N.Cl. The molecule has 0 radical (unpaired) electrons. The fourth-order valence-electron chi connectivity index (χ4n) is 1.90. The van der Waals surface area contributed by atoms with Crippen LogP contribution >= 0.6 is 12.4 Å². The maximum atomic E-state index is 12.3. The van der Waals surface area contributed by atoms with Gasteiger partial charge >= 0.3 is 0 Å². The van der Waals surface area contributed by atoms with Crippen molar-refractivity contribution in [1.29, 1.82) is 0 Å². The van der Waals surface area contributed by atoms with Gasteiger partial charge in [-0.05, 0) is 44.4 Å². The van der Waals surface area contributed by atoms with Gasteiger partial charge in [0.05, 0.1) is 7.11 Å². The second kappa shape index (κ2) is 7.83. The molecule has 1 aromatic carbocycles. The van der Waals surface area contributed by atoms with Crippen LogP contribution in [0.5, 0.6) is 5.75 Å². The molecule has 1 aromatic rings. The highest BCUT2D eigenvalue weighted by Crippen LogP contribution is 2.28. The lowest BCUT2D eigenvalue weighted by Crippen LogP contribution is -2.29. The van der Waals surface area contributed by atoms with Crippen LogP contribution in [0.4, 0.5) is 0 Å². The number of halogens is 1. The van der Waals surface area contributed by atoms with E-state index in [9.17, 15) is 8.42 Å². The van der Waals surface area contributed by atoms with Crippen molar-refractivity contribution in [2.45, 2.75) is 38.1 Å².